The zero-order valence-corrected chi connectivity index (χ0v) is 11.9. The highest BCUT2D eigenvalue weighted by molar-refractivity contribution is 7.99. The van der Waals surface area contributed by atoms with Gasteiger partial charge in [-0.05, 0) is 49.9 Å². The Balaban J connectivity index is 2.33. The van der Waals surface area contributed by atoms with Gasteiger partial charge in [-0.25, -0.2) is 4.79 Å². The lowest BCUT2D eigenvalue weighted by Gasteiger charge is -2.24. The summed E-state index contributed by atoms with van der Waals surface area (Å²) in [7, 11) is 5.23. The fraction of sp³-hybridized carbons (Fsp3) is 0.500. The smallest absolute Gasteiger partial charge is 0.327 e. The van der Waals surface area contributed by atoms with E-state index >= 15 is 0 Å². The predicted molar refractivity (Wildman–Crippen MR) is 73.9 cm³/mol. The highest BCUT2D eigenvalue weighted by Crippen LogP contribution is 2.32. The van der Waals surface area contributed by atoms with Crippen molar-refractivity contribution in [3.8, 4) is 0 Å². The third-order valence-electron chi connectivity index (χ3n) is 3.19. The van der Waals surface area contributed by atoms with E-state index in [0.717, 1.165) is 12.0 Å². The maximum Gasteiger partial charge on any atom is 0.327 e. The van der Waals surface area contributed by atoms with Crippen LogP contribution < -0.4 is 0 Å². The van der Waals surface area contributed by atoms with E-state index in [2.05, 4.69) is 12.1 Å². The second-order valence-electron chi connectivity index (χ2n) is 4.71. The molecule has 98 valence electrons. The molecular weight excluding hydrogens is 246 g/mol. The molecule has 3 nitrogen and oxygen atoms in total. The molecule has 0 aromatic heterocycles. The molecule has 1 heterocycles. The van der Waals surface area contributed by atoms with Crippen molar-refractivity contribution in [1.29, 1.82) is 0 Å². The van der Waals surface area contributed by atoms with Crippen molar-refractivity contribution in [2.45, 2.75) is 23.8 Å². The van der Waals surface area contributed by atoms with Crippen molar-refractivity contribution in [3.05, 3.63) is 29.3 Å². The second kappa shape index (κ2) is 5.76. The van der Waals surface area contributed by atoms with Crippen molar-refractivity contribution < 1.29 is 9.53 Å². The van der Waals surface area contributed by atoms with Crippen molar-refractivity contribution in [1.82, 2.24) is 4.90 Å². The number of ether oxygens (including phenoxy) is 1. The Morgan fingerprint density at radius 2 is 2.22 bits per heavy atom. The van der Waals surface area contributed by atoms with Gasteiger partial charge in [-0.3, -0.25) is 4.90 Å². The monoisotopic (exact) mass is 265 g/mol. The summed E-state index contributed by atoms with van der Waals surface area (Å²) in [5, 5.41) is 0. The van der Waals surface area contributed by atoms with Gasteiger partial charge < -0.3 is 4.74 Å². The molecule has 1 unspecified atom stereocenters. The van der Waals surface area contributed by atoms with Crippen LogP contribution in [0.5, 0.6) is 0 Å². The lowest BCUT2D eigenvalue weighted by atomic mass is 10.0. The number of thioether (sulfide) groups is 1. The Labute approximate surface area is 113 Å². The van der Waals surface area contributed by atoms with Gasteiger partial charge in [0.05, 0.1) is 7.11 Å². The quantitative estimate of drug-likeness (QED) is 0.785. The van der Waals surface area contributed by atoms with Crippen LogP contribution in [0.25, 0.3) is 0 Å². The summed E-state index contributed by atoms with van der Waals surface area (Å²) in [6.45, 7) is 0. The second-order valence-corrected chi connectivity index (χ2v) is 5.85. The van der Waals surface area contributed by atoms with Gasteiger partial charge in [0.25, 0.3) is 0 Å². The molecule has 0 bridgehead atoms. The average molecular weight is 265 g/mol. The van der Waals surface area contributed by atoms with E-state index in [-0.39, 0.29) is 12.0 Å². The number of likely N-dealkylation sites (N-methyl/N-ethyl adjacent to an activating group) is 1. The Hall–Kier alpha value is -1.00. The van der Waals surface area contributed by atoms with E-state index < -0.39 is 0 Å². The molecule has 1 aliphatic heterocycles. The summed E-state index contributed by atoms with van der Waals surface area (Å²) in [6, 6.07) is 6.02. The van der Waals surface area contributed by atoms with Crippen molar-refractivity contribution in [3.63, 3.8) is 0 Å². The normalized spacial score (nSPS) is 16.2. The molecule has 1 aromatic rings. The first-order valence-electron chi connectivity index (χ1n) is 6.13. The molecule has 1 aromatic carbocycles. The van der Waals surface area contributed by atoms with Gasteiger partial charge in [-0.15, -0.1) is 11.8 Å². The van der Waals surface area contributed by atoms with Gasteiger partial charge in [-0.2, -0.15) is 0 Å². The fourth-order valence-corrected chi connectivity index (χ4v) is 3.33. The minimum absolute atomic E-state index is 0.205. The lowest BCUT2D eigenvalue weighted by Crippen LogP contribution is -2.28. The summed E-state index contributed by atoms with van der Waals surface area (Å²) < 4.78 is 4.89. The lowest BCUT2D eigenvalue weighted by molar-refractivity contribution is -0.146. The molecule has 0 radical (unpaired) electrons. The fourth-order valence-electron chi connectivity index (χ4n) is 2.31. The molecule has 0 aliphatic carbocycles. The highest BCUT2D eigenvalue weighted by atomic mass is 32.2. The maximum absolute atomic E-state index is 11.9. The van der Waals surface area contributed by atoms with Crippen LogP contribution in [-0.4, -0.2) is 37.8 Å². The SMILES string of the molecule is COC(=O)C(c1ccc2c(c1)CCCS2)N(C)C. The molecule has 0 N–H and O–H groups in total. The van der Waals surface area contributed by atoms with Crippen LogP contribution in [0.3, 0.4) is 0 Å². The maximum atomic E-state index is 11.9. The first-order chi connectivity index (χ1) is 8.63. The van der Waals surface area contributed by atoms with E-state index in [1.807, 2.05) is 36.8 Å². The van der Waals surface area contributed by atoms with Crippen LogP contribution in [0, 0.1) is 0 Å². The Kier molecular flexibility index (Phi) is 4.30. The highest BCUT2D eigenvalue weighted by Gasteiger charge is 2.24. The third kappa shape index (κ3) is 2.70. The number of hydrogen-bond donors (Lipinski definition) is 0. The van der Waals surface area contributed by atoms with E-state index in [1.165, 1.54) is 29.7 Å². The number of fused-ring (bicyclic) bond motifs is 1. The van der Waals surface area contributed by atoms with Gasteiger partial charge in [0.1, 0.15) is 6.04 Å². The van der Waals surface area contributed by atoms with E-state index in [0.29, 0.717) is 0 Å². The Morgan fingerprint density at radius 1 is 1.44 bits per heavy atom. The van der Waals surface area contributed by atoms with Crippen molar-refractivity contribution >= 4 is 17.7 Å². The van der Waals surface area contributed by atoms with E-state index in [9.17, 15) is 4.79 Å². The summed E-state index contributed by atoms with van der Waals surface area (Å²) in [6.07, 6.45) is 2.32. The third-order valence-corrected chi connectivity index (χ3v) is 4.39. The summed E-state index contributed by atoms with van der Waals surface area (Å²) >= 11 is 1.90. The molecule has 0 saturated heterocycles. The zero-order chi connectivity index (χ0) is 13.1. The minimum atomic E-state index is -0.313. The number of carbonyl (C=O) groups is 1. The minimum Gasteiger partial charge on any atom is -0.468 e. The van der Waals surface area contributed by atoms with Crippen LogP contribution in [-0.2, 0) is 16.0 Å². The number of methoxy groups -OCH3 is 1. The van der Waals surface area contributed by atoms with Gasteiger partial charge in [0.15, 0.2) is 0 Å². The molecule has 1 atom stereocenters. The van der Waals surface area contributed by atoms with Crippen LogP contribution in [0.4, 0.5) is 0 Å². The number of benzene rings is 1. The van der Waals surface area contributed by atoms with Gasteiger partial charge in [-0.1, -0.05) is 12.1 Å². The number of rotatable bonds is 3. The summed E-state index contributed by atoms with van der Waals surface area (Å²) in [5.41, 5.74) is 2.38. The predicted octanol–water partition coefficient (Wildman–Crippen LogP) is 2.50. The topological polar surface area (TPSA) is 29.5 Å². The first kappa shape index (κ1) is 13.4. The number of carbonyl (C=O) groups excluding carboxylic acids is 1. The van der Waals surface area contributed by atoms with Gasteiger partial charge in [0.2, 0.25) is 0 Å². The molecule has 0 fully saturated rings. The van der Waals surface area contributed by atoms with Crippen LogP contribution in [0.1, 0.15) is 23.6 Å². The van der Waals surface area contributed by atoms with Crippen LogP contribution in [0.2, 0.25) is 0 Å². The molecule has 1 aliphatic rings. The number of aryl methyl sites for hydroxylation is 1. The number of hydrogen-bond acceptors (Lipinski definition) is 4. The molecule has 2 rings (SSSR count). The standard InChI is InChI=1S/C14H19NO2S/c1-15(2)13(14(16)17-3)11-6-7-12-10(9-11)5-4-8-18-12/h6-7,9,13H,4-5,8H2,1-3H3. The molecular formula is C14H19NO2S. The summed E-state index contributed by atoms with van der Waals surface area (Å²) in [5.74, 6) is 0.990. The van der Waals surface area contributed by atoms with Crippen molar-refractivity contribution in [2.24, 2.45) is 0 Å². The van der Waals surface area contributed by atoms with Crippen molar-refractivity contribution in [2.75, 3.05) is 27.0 Å². The van der Waals surface area contributed by atoms with E-state index in [4.69, 9.17) is 4.74 Å². The molecule has 0 spiro atoms. The number of nitrogens with zero attached hydrogens (tertiary/aromatic N) is 1. The van der Waals surface area contributed by atoms with Crippen LogP contribution in [0.15, 0.2) is 23.1 Å². The summed E-state index contributed by atoms with van der Waals surface area (Å²) in [4.78, 5) is 15.1. The van der Waals surface area contributed by atoms with E-state index in [1.54, 1.807) is 0 Å². The number of esters is 1. The molecule has 18 heavy (non-hydrogen) atoms. The Morgan fingerprint density at radius 3 is 2.89 bits per heavy atom. The first-order valence-corrected chi connectivity index (χ1v) is 7.12. The largest absolute Gasteiger partial charge is 0.468 e. The molecule has 4 heteroatoms. The Bertz CT molecular complexity index is 445. The zero-order valence-electron chi connectivity index (χ0n) is 11.1. The van der Waals surface area contributed by atoms with Crippen LogP contribution >= 0.6 is 11.8 Å². The average Bonchev–Trinajstić information content (AvgIpc) is 2.38. The van der Waals surface area contributed by atoms with Gasteiger partial charge in [0, 0.05) is 4.90 Å². The molecule has 0 amide bonds. The molecule has 0 saturated carbocycles. The van der Waals surface area contributed by atoms with Gasteiger partial charge >= 0.3 is 5.97 Å².